The molecule has 2 nitrogen and oxygen atoms in total. The summed E-state index contributed by atoms with van der Waals surface area (Å²) < 4.78 is 1.86. The summed E-state index contributed by atoms with van der Waals surface area (Å²) in [6, 6.07) is 6.16. The van der Waals surface area contributed by atoms with Gasteiger partial charge >= 0.3 is 0 Å². The third kappa shape index (κ3) is 2.05. The van der Waals surface area contributed by atoms with Crippen molar-refractivity contribution in [1.29, 1.82) is 5.26 Å². The number of nitriles is 1. The molecule has 0 unspecified atom stereocenters. The fourth-order valence-corrected chi connectivity index (χ4v) is 0.911. The fourth-order valence-electron chi connectivity index (χ4n) is 0.911. The maximum atomic E-state index is 8.38. The number of rotatable bonds is 2. The largest absolute Gasteiger partial charge is 0.233 e. The molecule has 2 heteroatoms. The molecule has 0 radical (unpaired) electrons. The van der Waals surface area contributed by atoms with E-state index in [0.29, 0.717) is 6.54 Å². The molecule has 0 aromatic carbocycles. The van der Waals surface area contributed by atoms with Gasteiger partial charge < -0.3 is 0 Å². The van der Waals surface area contributed by atoms with Crippen LogP contribution in [0.3, 0.4) is 0 Å². The molecule has 0 saturated carbocycles. The molecule has 1 aromatic heterocycles. The van der Waals surface area contributed by atoms with Gasteiger partial charge in [0, 0.05) is 12.1 Å². The first-order valence-corrected chi connectivity index (χ1v) is 3.71. The van der Waals surface area contributed by atoms with E-state index in [0.717, 1.165) is 6.42 Å². The molecule has 0 aliphatic heterocycles. The Morgan fingerprint density at radius 1 is 1.45 bits per heavy atom. The summed E-state index contributed by atoms with van der Waals surface area (Å²) in [5.74, 6) is 0. The van der Waals surface area contributed by atoms with Crippen molar-refractivity contribution in [2.45, 2.75) is 19.9 Å². The average Bonchev–Trinajstić information content (AvgIpc) is 2.07. The highest BCUT2D eigenvalue weighted by molar-refractivity contribution is 5.06. The Labute approximate surface area is 66.7 Å². The maximum absolute atomic E-state index is 8.38. The van der Waals surface area contributed by atoms with E-state index in [-0.39, 0.29) is 0 Å². The second-order valence-electron chi connectivity index (χ2n) is 2.39. The van der Waals surface area contributed by atoms with Crippen LogP contribution >= 0.6 is 0 Å². The van der Waals surface area contributed by atoms with Crippen molar-refractivity contribution < 1.29 is 4.57 Å². The second kappa shape index (κ2) is 3.72. The second-order valence-corrected chi connectivity index (χ2v) is 2.39. The van der Waals surface area contributed by atoms with Crippen LogP contribution in [0.1, 0.15) is 12.5 Å². The van der Waals surface area contributed by atoms with Gasteiger partial charge in [-0.15, -0.1) is 0 Å². The van der Waals surface area contributed by atoms with Crippen molar-refractivity contribution in [2.75, 3.05) is 0 Å². The number of pyridine rings is 1. The van der Waals surface area contributed by atoms with Crippen molar-refractivity contribution in [1.82, 2.24) is 0 Å². The molecule has 56 valence electrons. The topological polar surface area (TPSA) is 27.7 Å². The number of nitrogens with zero attached hydrogens (tertiary/aromatic N) is 2. The van der Waals surface area contributed by atoms with Gasteiger partial charge in [-0.05, 0) is 12.0 Å². The Morgan fingerprint density at radius 2 is 2.09 bits per heavy atom. The van der Waals surface area contributed by atoms with Crippen LogP contribution in [0.15, 0.2) is 24.5 Å². The van der Waals surface area contributed by atoms with Crippen LogP contribution in [-0.2, 0) is 13.0 Å². The summed E-state index contributed by atoms with van der Waals surface area (Å²) in [7, 11) is 0. The monoisotopic (exact) mass is 147 g/mol. The highest BCUT2D eigenvalue weighted by Gasteiger charge is 1.96. The smallest absolute Gasteiger partial charge is 0.191 e. The van der Waals surface area contributed by atoms with E-state index < -0.39 is 0 Å². The minimum absolute atomic E-state index is 0.435. The van der Waals surface area contributed by atoms with E-state index in [1.165, 1.54) is 5.56 Å². The molecule has 0 aliphatic carbocycles. The van der Waals surface area contributed by atoms with Crippen LogP contribution < -0.4 is 4.57 Å². The lowest BCUT2D eigenvalue weighted by molar-refractivity contribution is -0.685. The fraction of sp³-hybridized carbons (Fsp3) is 0.333. The van der Waals surface area contributed by atoms with Crippen molar-refractivity contribution >= 4 is 0 Å². The van der Waals surface area contributed by atoms with Gasteiger partial charge in [-0.2, -0.15) is 9.83 Å². The predicted molar refractivity (Wildman–Crippen MR) is 41.6 cm³/mol. The first-order chi connectivity index (χ1) is 5.36. The Balaban J connectivity index is 2.76. The third-order valence-corrected chi connectivity index (χ3v) is 1.62. The van der Waals surface area contributed by atoms with Crippen molar-refractivity contribution in [3.05, 3.63) is 30.1 Å². The lowest BCUT2D eigenvalue weighted by Crippen LogP contribution is -2.31. The zero-order valence-corrected chi connectivity index (χ0v) is 6.62. The van der Waals surface area contributed by atoms with Gasteiger partial charge in [0.15, 0.2) is 12.4 Å². The van der Waals surface area contributed by atoms with Gasteiger partial charge in [-0.25, -0.2) is 0 Å². The molecule has 0 atom stereocenters. The highest BCUT2D eigenvalue weighted by atomic mass is 14.9. The van der Waals surface area contributed by atoms with E-state index >= 15 is 0 Å². The quantitative estimate of drug-likeness (QED) is 0.575. The summed E-state index contributed by atoms with van der Waals surface area (Å²) in [6.07, 6.45) is 4.91. The Bertz CT molecular complexity index is 256. The summed E-state index contributed by atoms with van der Waals surface area (Å²) >= 11 is 0. The minimum Gasteiger partial charge on any atom is -0.191 e. The number of hydrogen-bond donors (Lipinski definition) is 0. The number of aromatic nitrogens is 1. The van der Waals surface area contributed by atoms with Crippen LogP contribution in [-0.4, -0.2) is 0 Å². The van der Waals surface area contributed by atoms with Gasteiger partial charge in [-0.1, -0.05) is 6.92 Å². The van der Waals surface area contributed by atoms with Crippen LogP contribution in [0.4, 0.5) is 0 Å². The molecule has 0 saturated heterocycles. The van der Waals surface area contributed by atoms with E-state index in [2.05, 4.69) is 13.0 Å². The lowest BCUT2D eigenvalue weighted by Gasteiger charge is -1.92. The molecule has 0 bridgehead atoms. The zero-order valence-electron chi connectivity index (χ0n) is 6.62. The molecule has 0 aliphatic rings. The van der Waals surface area contributed by atoms with Crippen LogP contribution in [0.5, 0.6) is 0 Å². The van der Waals surface area contributed by atoms with Gasteiger partial charge in [-0.3, -0.25) is 0 Å². The van der Waals surface area contributed by atoms with E-state index in [1.54, 1.807) is 0 Å². The third-order valence-electron chi connectivity index (χ3n) is 1.62. The average molecular weight is 147 g/mol. The molecule has 0 fully saturated rings. The van der Waals surface area contributed by atoms with Crippen molar-refractivity contribution in [2.24, 2.45) is 0 Å². The summed E-state index contributed by atoms with van der Waals surface area (Å²) in [5, 5.41) is 8.38. The van der Waals surface area contributed by atoms with Crippen LogP contribution in [0, 0.1) is 11.3 Å². The lowest BCUT2D eigenvalue weighted by atomic mass is 10.2. The standard InChI is InChI=1S/C9H11N2/c1-2-9-3-6-11(7-4-9)8-5-10/h3-4,6-7H,2,8H2,1H3/q+1. The molecule has 0 amide bonds. The number of aryl methyl sites for hydroxylation is 1. The molecule has 11 heavy (non-hydrogen) atoms. The van der Waals surface area contributed by atoms with Crippen LogP contribution in [0.2, 0.25) is 0 Å². The summed E-state index contributed by atoms with van der Waals surface area (Å²) in [6.45, 7) is 2.55. The molecule has 1 rings (SSSR count). The van der Waals surface area contributed by atoms with Crippen molar-refractivity contribution in [3.63, 3.8) is 0 Å². The van der Waals surface area contributed by atoms with Crippen molar-refractivity contribution in [3.8, 4) is 6.07 Å². The molecule has 0 spiro atoms. The SMILES string of the molecule is CCc1cc[n+](CC#N)cc1. The Morgan fingerprint density at radius 3 is 2.55 bits per heavy atom. The summed E-state index contributed by atoms with van der Waals surface area (Å²) in [4.78, 5) is 0. The van der Waals surface area contributed by atoms with Gasteiger partial charge in [0.2, 0.25) is 6.54 Å². The molecule has 1 heterocycles. The van der Waals surface area contributed by atoms with Gasteiger partial charge in [0.25, 0.3) is 0 Å². The van der Waals surface area contributed by atoms with Gasteiger partial charge in [0.1, 0.15) is 6.07 Å². The zero-order chi connectivity index (χ0) is 8.10. The Hall–Kier alpha value is -1.36. The summed E-state index contributed by atoms with van der Waals surface area (Å²) in [5.41, 5.74) is 1.30. The predicted octanol–water partition coefficient (Wildman–Crippen LogP) is 1.06. The van der Waals surface area contributed by atoms with E-state index in [9.17, 15) is 0 Å². The molecular weight excluding hydrogens is 136 g/mol. The highest BCUT2D eigenvalue weighted by Crippen LogP contribution is 1.94. The van der Waals surface area contributed by atoms with E-state index in [4.69, 9.17) is 5.26 Å². The number of hydrogen-bond acceptors (Lipinski definition) is 1. The normalized spacial score (nSPS) is 9.09. The first-order valence-electron chi connectivity index (χ1n) is 3.71. The van der Waals surface area contributed by atoms with E-state index in [1.807, 2.05) is 29.1 Å². The molecule has 0 N–H and O–H groups in total. The molecular formula is C9H11N2+. The van der Waals surface area contributed by atoms with Crippen LogP contribution in [0.25, 0.3) is 0 Å². The Kier molecular flexibility index (Phi) is 2.62. The molecule has 1 aromatic rings. The first kappa shape index (κ1) is 7.74. The maximum Gasteiger partial charge on any atom is 0.233 e. The minimum atomic E-state index is 0.435. The van der Waals surface area contributed by atoms with Gasteiger partial charge in [0.05, 0.1) is 0 Å².